The van der Waals surface area contributed by atoms with Crippen molar-refractivity contribution in [1.82, 2.24) is 19.5 Å². The topological polar surface area (TPSA) is 119 Å². The first-order valence-electron chi connectivity index (χ1n) is 6.15. The zero-order chi connectivity index (χ0) is 13.1. The van der Waals surface area contributed by atoms with Gasteiger partial charge < -0.3 is 15.6 Å². The molecule has 0 spiro atoms. The molecule has 2 aromatic heterocycles. The van der Waals surface area contributed by atoms with E-state index < -0.39 is 0 Å². The fourth-order valence-electron chi connectivity index (χ4n) is 3.14. The Morgan fingerprint density at radius 1 is 1.63 bits per heavy atom. The molecule has 2 aromatic rings. The molecular weight excluding hydrogens is 250 g/mol. The zero-order valence-corrected chi connectivity index (χ0v) is 9.98. The number of aromatic amines is 1. The average molecular weight is 263 g/mol. The second kappa shape index (κ2) is 3.55. The van der Waals surface area contributed by atoms with Crippen molar-refractivity contribution in [2.24, 2.45) is 17.8 Å². The lowest BCUT2D eigenvalue weighted by Gasteiger charge is -2.16. The predicted molar refractivity (Wildman–Crippen MR) is 65.1 cm³/mol. The van der Waals surface area contributed by atoms with Gasteiger partial charge in [-0.25, -0.2) is 4.98 Å². The third-order valence-electron chi connectivity index (χ3n) is 4.13. The maximum absolute atomic E-state index is 12.0. The fourth-order valence-corrected chi connectivity index (χ4v) is 3.14. The lowest BCUT2D eigenvalue weighted by molar-refractivity contribution is 0.0123. The molecule has 100 valence electrons. The number of hydrogen-bond acceptors (Lipinski definition) is 6. The number of hydrogen-bond donors (Lipinski definition) is 3. The lowest BCUT2D eigenvalue weighted by atomic mass is 10.3. The standard InChI is InChI=1S/C11H13N5O3/c12-11-14-8-7(9(18)15-11)16(3-13-8)10-6-4(1-17)5(6)2-19-10/h3-6,10,17H,1-2H2,(H3,12,14,15,18)/t4-,5+,6-,10-/m0/s1. The first-order valence-corrected chi connectivity index (χ1v) is 6.15. The van der Waals surface area contributed by atoms with Crippen LogP contribution in [0.2, 0.25) is 0 Å². The van der Waals surface area contributed by atoms with Crippen LogP contribution in [0.3, 0.4) is 0 Å². The van der Waals surface area contributed by atoms with Crippen molar-refractivity contribution in [2.75, 3.05) is 18.9 Å². The van der Waals surface area contributed by atoms with Crippen LogP contribution in [-0.2, 0) is 4.74 Å². The number of imidazole rings is 1. The number of fused-ring (bicyclic) bond motifs is 2. The van der Waals surface area contributed by atoms with E-state index in [4.69, 9.17) is 10.5 Å². The number of rotatable bonds is 2. The SMILES string of the molecule is Nc1nc2ncn([C@H]3OC[C@@H]4[C@H](CO)[C@@H]43)c2c(=O)[nH]1. The van der Waals surface area contributed by atoms with Gasteiger partial charge in [0.05, 0.1) is 12.9 Å². The van der Waals surface area contributed by atoms with Gasteiger partial charge in [0.15, 0.2) is 11.2 Å². The normalized spacial score (nSPS) is 32.7. The van der Waals surface area contributed by atoms with Crippen molar-refractivity contribution in [2.45, 2.75) is 6.23 Å². The molecule has 1 saturated carbocycles. The molecule has 3 heterocycles. The van der Waals surface area contributed by atoms with Crippen molar-refractivity contribution in [3.63, 3.8) is 0 Å². The Morgan fingerprint density at radius 3 is 3.21 bits per heavy atom. The monoisotopic (exact) mass is 263 g/mol. The van der Waals surface area contributed by atoms with Crippen LogP contribution in [0.25, 0.3) is 11.2 Å². The van der Waals surface area contributed by atoms with E-state index in [1.54, 1.807) is 10.9 Å². The van der Waals surface area contributed by atoms with Gasteiger partial charge in [-0.1, -0.05) is 0 Å². The molecule has 4 rings (SSSR count). The van der Waals surface area contributed by atoms with E-state index in [0.717, 1.165) is 0 Å². The highest BCUT2D eigenvalue weighted by Crippen LogP contribution is 2.58. The van der Waals surface area contributed by atoms with Crippen LogP contribution in [0.5, 0.6) is 0 Å². The predicted octanol–water partition coefficient (Wildman–Crippen LogP) is -0.915. The fraction of sp³-hybridized carbons (Fsp3) is 0.545. The summed E-state index contributed by atoms with van der Waals surface area (Å²) in [5.41, 5.74) is 5.84. The van der Waals surface area contributed by atoms with Crippen molar-refractivity contribution in [1.29, 1.82) is 0 Å². The van der Waals surface area contributed by atoms with Crippen molar-refractivity contribution in [3.8, 4) is 0 Å². The highest BCUT2D eigenvalue weighted by molar-refractivity contribution is 5.70. The minimum absolute atomic E-state index is 0.0487. The lowest BCUT2D eigenvalue weighted by Crippen LogP contribution is -2.19. The number of nitrogens with zero attached hydrogens (tertiary/aromatic N) is 3. The maximum atomic E-state index is 12.0. The number of nitrogen functional groups attached to an aromatic ring is 1. The van der Waals surface area contributed by atoms with Gasteiger partial charge in [0.2, 0.25) is 5.95 Å². The van der Waals surface area contributed by atoms with Crippen LogP contribution in [0, 0.1) is 17.8 Å². The van der Waals surface area contributed by atoms with E-state index in [-0.39, 0.29) is 36.2 Å². The van der Waals surface area contributed by atoms with Crippen LogP contribution in [-0.4, -0.2) is 37.8 Å². The van der Waals surface area contributed by atoms with E-state index >= 15 is 0 Å². The van der Waals surface area contributed by atoms with E-state index in [9.17, 15) is 9.90 Å². The van der Waals surface area contributed by atoms with Gasteiger partial charge in [-0.15, -0.1) is 0 Å². The molecule has 0 bridgehead atoms. The summed E-state index contributed by atoms with van der Waals surface area (Å²) in [6.45, 7) is 0.768. The molecule has 4 N–H and O–H groups in total. The summed E-state index contributed by atoms with van der Waals surface area (Å²) < 4.78 is 7.38. The molecule has 0 amide bonds. The van der Waals surface area contributed by atoms with Gasteiger partial charge in [0.25, 0.3) is 5.56 Å². The number of nitrogens with two attached hydrogens (primary N) is 1. The Bertz CT molecular complexity index is 704. The summed E-state index contributed by atoms with van der Waals surface area (Å²) >= 11 is 0. The molecule has 1 aliphatic heterocycles. The average Bonchev–Trinajstić information content (AvgIpc) is 2.72. The first-order chi connectivity index (χ1) is 9.20. The number of H-pyrrole nitrogens is 1. The largest absolute Gasteiger partial charge is 0.396 e. The molecule has 0 unspecified atom stereocenters. The van der Waals surface area contributed by atoms with Gasteiger partial charge in [-0.2, -0.15) is 4.98 Å². The summed E-state index contributed by atoms with van der Waals surface area (Å²) in [7, 11) is 0. The van der Waals surface area contributed by atoms with Crippen LogP contribution in [0.15, 0.2) is 11.1 Å². The van der Waals surface area contributed by atoms with Crippen molar-refractivity contribution in [3.05, 3.63) is 16.7 Å². The van der Waals surface area contributed by atoms with Gasteiger partial charge >= 0.3 is 0 Å². The van der Waals surface area contributed by atoms with E-state index in [1.165, 1.54) is 0 Å². The second-order valence-corrected chi connectivity index (χ2v) is 5.09. The molecule has 8 nitrogen and oxygen atoms in total. The van der Waals surface area contributed by atoms with Gasteiger partial charge in [-0.3, -0.25) is 14.3 Å². The van der Waals surface area contributed by atoms with E-state index in [2.05, 4.69) is 15.0 Å². The molecule has 0 aromatic carbocycles. The minimum atomic E-state index is -0.326. The van der Waals surface area contributed by atoms with E-state index in [0.29, 0.717) is 23.7 Å². The summed E-state index contributed by atoms with van der Waals surface area (Å²) in [5.74, 6) is 0.942. The first kappa shape index (κ1) is 10.9. The number of anilines is 1. The Morgan fingerprint density at radius 2 is 2.47 bits per heavy atom. The molecule has 2 aliphatic rings. The minimum Gasteiger partial charge on any atom is -0.396 e. The number of aromatic nitrogens is 4. The zero-order valence-electron chi connectivity index (χ0n) is 9.98. The van der Waals surface area contributed by atoms with Crippen molar-refractivity contribution < 1.29 is 9.84 Å². The summed E-state index contributed by atoms with van der Waals surface area (Å²) in [6.07, 6.45) is 1.30. The number of aliphatic hydroxyl groups excluding tert-OH is 1. The van der Waals surface area contributed by atoms with Gasteiger partial charge in [-0.05, 0) is 11.8 Å². The number of ether oxygens (including phenoxy) is 1. The quantitative estimate of drug-likeness (QED) is 0.645. The van der Waals surface area contributed by atoms with Gasteiger partial charge in [0, 0.05) is 12.5 Å². The van der Waals surface area contributed by atoms with Crippen LogP contribution in [0.4, 0.5) is 5.95 Å². The molecular formula is C11H13N5O3. The number of nitrogens with one attached hydrogen (secondary N) is 1. The number of aliphatic hydroxyl groups is 1. The summed E-state index contributed by atoms with van der Waals surface area (Å²) in [5, 5.41) is 9.25. The van der Waals surface area contributed by atoms with Crippen LogP contribution in [0.1, 0.15) is 6.23 Å². The molecule has 8 heteroatoms. The van der Waals surface area contributed by atoms with Gasteiger partial charge in [0.1, 0.15) is 6.23 Å². The Hall–Kier alpha value is -1.93. The van der Waals surface area contributed by atoms with Crippen LogP contribution < -0.4 is 11.3 Å². The molecule has 2 fully saturated rings. The summed E-state index contributed by atoms with van der Waals surface area (Å²) in [6, 6.07) is 0. The molecule has 1 saturated heterocycles. The third-order valence-corrected chi connectivity index (χ3v) is 4.13. The highest BCUT2D eigenvalue weighted by atomic mass is 16.5. The third kappa shape index (κ3) is 1.38. The van der Waals surface area contributed by atoms with Crippen molar-refractivity contribution >= 4 is 17.1 Å². The highest BCUT2D eigenvalue weighted by Gasteiger charge is 2.59. The Balaban J connectivity index is 1.82. The Labute approximate surface area is 107 Å². The Kier molecular flexibility index (Phi) is 2.04. The molecule has 19 heavy (non-hydrogen) atoms. The maximum Gasteiger partial charge on any atom is 0.278 e. The van der Waals surface area contributed by atoms with E-state index in [1.807, 2.05) is 0 Å². The summed E-state index contributed by atoms with van der Waals surface area (Å²) in [4.78, 5) is 22.5. The molecule has 4 atom stereocenters. The second-order valence-electron chi connectivity index (χ2n) is 5.09. The molecule has 0 radical (unpaired) electrons. The van der Waals surface area contributed by atoms with Crippen LogP contribution >= 0.6 is 0 Å². The smallest absolute Gasteiger partial charge is 0.278 e. The molecule has 1 aliphatic carbocycles.